The fourth-order valence-corrected chi connectivity index (χ4v) is 2.21. The van der Waals surface area contributed by atoms with Crippen molar-refractivity contribution < 1.29 is 18.9 Å². The van der Waals surface area contributed by atoms with Gasteiger partial charge in [0.2, 0.25) is 0 Å². The van der Waals surface area contributed by atoms with Crippen LogP contribution in [0.2, 0.25) is 0 Å². The molecule has 20 heavy (non-hydrogen) atoms. The van der Waals surface area contributed by atoms with Crippen molar-refractivity contribution in [3.8, 4) is 0 Å². The Morgan fingerprint density at radius 2 is 2.20 bits per heavy atom. The van der Waals surface area contributed by atoms with Gasteiger partial charge in [0.25, 0.3) is 11.6 Å². The Kier molecular flexibility index (Phi) is 3.78. The van der Waals surface area contributed by atoms with Crippen LogP contribution >= 0.6 is 0 Å². The van der Waals surface area contributed by atoms with Gasteiger partial charge in [0.15, 0.2) is 0 Å². The van der Waals surface area contributed by atoms with Crippen LogP contribution in [-0.2, 0) is 4.79 Å². The summed E-state index contributed by atoms with van der Waals surface area (Å²) >= 11 is 0. The number of hydrogen-bond acceptors (Lipinski definition) is 4. The van der Waals surface area contributed by atoms with E-state index in [1.54, 1.807) is 6.92 Å². The third-order valence-electron chi connectivity index (χ3n) is 3.35. The quantitative estimate of drug-likeness (QED) is 0.611. The Bertz CT molecular complexity index is 588. The lowest BCUT2D eigenvalue weighted by atomic mass is 9.97. The Morgan fingerprint density at radius 3 is 2.80 bits per heavy atom. The molecule has 1 amide bonds. The van der Waals surface area contributed by atoms with Crippen LogP contribution in [0.5, 0.6) is 0 Å². The van der Waals surface area contributed by atoms with Gasteiger partial charge >= 0.3 is 0 Å². The number of nitro benzene ring substituents is 1. The number of halogens is 1. The first kappa shape index (κ1) is 14.1. The number of hydrogen-bond donors (Lipinski definition) is 0. The van der Waals surface area contributed by atoms with Gasteiger partial charge < -0.3 is 4.90 Å². The second-order valence-electron chi connectivity index (χ2n) is 4.79. The predicted molar refractivity (Wildman–Crippen MR) is 67.7 cm³/mol. The number of amides is 1. The predicted octanol–water partition coefficient (Wildman–Crippen LogP) is 1.78. The van der Waals surface area contributed by atoms with Crippen molar-refractivity contribution in [3.63, 3.8) is 0 Å². The smallest absolute Gasteiger partial charge is 0.285 e. The molecule has 0 aromatic heterocycles. The van der Waals surface area contributed by atoms with Gasteiger partial charge in [-0.3, -0.25) is 19.7 Å². The lowest BCUT2D eigenvalue weighted by Crippen LogP contribution is -2.43. The van der Waals surface area contributed by atoms with E-state index in [0.717, 1.165) is 18.2 Å². The van der Waals surface area contributed by atoms with Crippen molar-refractivity contribution in [2.45, 2.75) is 13.3 Å². The lowest BCUT2D eigenvalue weighted by Gasteiger charge is -2.29. The SMILES string of the molecule is CC1CN(C(=O)c2ccc(F)cc2[N+](=O)[O-])CCC1=O. The number of carbonyl (C=O) groups is 2. The van der Waals surface area contributed by atoms with Crippen molar-refractivity contribution in [2.75, 3.05) is 13.1 Å². The number of nitro groups is 1. The van der Waals surface area contributed by atoms with Crippen LogP contribution in [0, 0.1) is 21.8 Å². The van der Waals surface area contributed by atoms with Crippen LogP contribution in [-0.4, -0.2) is 34.6 Å². The highest BCUT2D eigenvalue weighted by Gasteiger charge is 2.30. The van der Waals surface area contributed by atoms with E-state index in [9.17, 15) is 24.1 Å². The van der Waals surface area contributed by atoms with Crippen molar-refractivity contribution in [1.82, 2.24) is 4.90 Å². The van der Waals surface area contributed by atoms with Gasteiger partial charge in [0.05, 0.1) is 11.0 Å². The molecule has 0 spiro atoms. The molecular formula is C13H13FN2O4. The Balaban J connectivity index is 2.30. The lowest BCUT2D eigenvalue weighted by molar-refractivity contribution is -0.385. The molecule has 1 aromatic rings. The molecule has 1 fully saturated rings. The number of likely N-dealkylation sites (tertiary alicyclic amines) is 1. The largest absolute Gasteiger partial charge is 0.337 e. The molecule has 0 aliphatic carbocycles. The molecule has 106 valence electrons. The second kappa shape index (κ2) is 5.36. The third kappa shape index (κ3) is 2.66. The number of nitrogens with zero attached hydrogens (tertiary/aromatic N) is 2. The van der Waals surface area contributed by atoms with Crippen molar-refractivity contribution >= 4 is 17.4 Å². The third-order valence-corrected chi connectivity index (χ3v) is 3.35. The van der Waals surface area contributed by atoms with Crippen molar-refractivity contribution in [1.29, 1.82) is 0 Å². The number of ketones is 1. The first-order valence-corrected chi connectivity index (χ1v) is 6.16. The molecule has 1 aliphatic heterocycles. The monoisotopic (exact) mass is 280 g/mol. The number of benzene rings is 1. The van der Waals surface area contributed by atoms with Gasteiger partial charge in [-0.05, 0) is 12.1 Å². The molecule has 1 heterocycles. The maximum absolute atomic E-state index is 13.1. The highest BCUT2D eigenvalue weighted by molar-refractivity contribution is 5.99. The van der Waals surface area contributed by atoms with E-state index in [1.165, 1.54) is 4.90 Å². The molecule has 1 atom stereocenters. The fourth-order valence-electron chi connectivity index (χ4n) is 2.21. The normalized spacial score (nSPS) is 19.0. The standard InChI is InChI=1S/C13H13FN2O4/c1-8-7-15(5-4-12(8)17)13(18)10-3-2-9(14)6-11(10)16(19)20/h2-3,6,8H,4-5,7H2,1H3. The minimum absolute atomic E-state index is 0.0719. The first-order chi connectivity index (χ1) is 9.40. The molecule has 6 nitrogen and oxygen atoms in total. The topological polar surface area (TPSA) is 80.5 Å². The Hall–Kier alpha value is -2.31. The van der Waals surface area contributed by atoms with E-state index in [-0.39, 0.29) is 36.8 Å². The molecule has 0 N–H and O–H groups in total. The first-order valence-electron chi connectivity index (χ1n) is 6.16. The van der Waals surface area contributed by atoms with Gasteiger partial charge in [-0.25, -0.2) is 4.39 Å². The minimum Gasteiger partial charge on any atom is -0.337 e. The summed E-state index contributed by atoms with van der Waals surface area (Å²) in [5.41, 5.74) is -0.711. The Labute approximate surface area is 114 Å². The summed E-state index contributed by atoms with van der Waals surface area (Å²) < 4.78 is 13.1. The van der Waals surface area contributed by atoms with E-state index >= 15 is 0 Å². The number of Topliss-reactive ketones (excluding diaryl/α,β-unsaturated/α-hetero) is 1. The zero-order chi connectivity index (χ0) is 14.9. The summed E-state index contributed by atoms with van der Waals surface area (Å²) in [6, 6.07) is 2.85. The highest BCUT2D eigenvalue weighted by atomic mass is 19.1. The summed E-state index contributed by atoms with van der Waals surface area (Å²) in [5.74, 6) is -1.53. The van der Waals surface area contributed by atoms with Crippen LogP contribution in [0.1, 0.15) is 23.7 Å². The van der Waals surface area contributed by atoms with E-state index in [4.69, 9.17) is 0 Å². The maximum Gasteiger partial charge on any atom is 0.285 e. The van der Waals surface area contributed by atoms with Crippen LogP contribution < -0.4 is 0 Å². The molecule has 0 saturated carbocycles. The zero-order valence-electron chi connectivity index (χ0n) is 10.8. The molecule has 0 bridgehead atoms. The Morgan fingerprint density at radius 1 is 1.50 bits per heavy atom. The molecule has 1 aromatic carbocycles. The van der Waals surface area contributed by atoms with Gasteiger partial charge in [0, 0.05) is 25.4 Å². The van der Waals surface area contributed by atoms with Gasteiger partial charge in [-0.2, -0.15) is 0 Å². The van der Waals surface area contributed by atoms with E-state index in [2.05, 4.69) is 0 Å². The van der Waals surface area contributed by atoms with Crippen LogP contribution in [0.15, 0.2) is 18.2 Å². The maximum atomic E-state index is 13.1. The number of carbonyl (C=O) groups excluding carboxylic acids is 2. The average molecular weight is 280 g/mol. The number of rotatable bonds is 2. The molecule has 2 rings (SSSR count). The number of piperidine rings is 1. The summed E-state index contributed by atoms with van der Waals surface area (Å²) in [6.45, 7) is 2.17. The van der Waals surface area contributed by atoms with E-state index in [1.807, 2.05) is 0 Å². The van der Waals surface area contributed by atoms with Crippen LogP contribution in [0.4, 0.5) is 10.1 Å². The van der Waals surface area contributed by atoms with Crippen LogP contribution in [0.3, 0.4) is 0 Å². The summed E-state index contributed by atoms with van der Waals surface area (Å²) in [5, 5.41) is 10.9. The van der Waals surface area contributed by atoms with Crippen LogP contribution in [0.25, 0.3) is 0 Å². The molecule has 7 heteroatoms. The summed E-state index contributed by atoms with van der Waals surface area (Å²) in [4.78, 5) is 35.2. The molecule has 1 saturated heterocycles. The van der Waals surface area contributed by atoms with Crippen molar-refractivity contribution in [3.05, 3.63) is 39.7 Å². The molecule has 0 radical (unpaired) electrons. The molecule has 1 aliphatic rings. The van der Waals surface area contributed by atoms with E-state index < -0.39 is 22.3 Å². The van der Waals surface area contributed by atoms with Crippen molar-refractivity contribution in [2.24, 2.45) is 5.92 Å². The van der Waals surface area contributed by atoms with E-state index in [0.29, 0.717) is 0 Å². The fraction of sp³-hybridized carbons (Fsp3) is 0.385. The van der Waals surface area contributed by atoms with Gasteiger partial charge in [-0.1, -0.05) is 6.92 Å². The summed E-state index contributed by atoms with van der Waals surface area (Å²) in [6.07, 6.45) is 0.238. The second-order valence-corrected chi connectivity index (χ2v) is 4.79. The molecular weight excluding hydrogens is 267 g/mol. The highest BCUT2D eigenvalue weighted by Crippen LogP contribution is 2.23. The average Bonchev–Trinajstić information content (AvgIpc) is 2.41. The summed E-state index contributed by atoms with van der Waals surface area (Å²) in [7, 11) is 0. The molecule has 1 unspecified atom stereocenters. The minimum atomic E-state index is -0.783. The van der Waals surface area contributed by atoms with Gasteiger partial charge in [0.1, 0.15) is 17.2 Å². The zero-order valence-corrected chi connectivity index (χ0v) is 10.8. The van der Waals surface area contributed by atoms with Gasteiger partial charge in [-0.15, -0.1) is 0 Å².